The van der Waals surface area contributed by atoms with Crippen molar-refractivity contribution in [2.24, 2.45) is 0 Å². The number of aromatic nitrogens is 1. The first-order valence-electron chi connectivity index (χ1n) is 9.00. The Morgan fingerprint density at radius 1 is 1.00 bits per heavy atom. The summed E-state index contributed by atoms with van der Waals surface area (Å²) in [5, 5.41) is 11.4. The van der Waals surface area contributed by atoms with Crippen molar-refractivity contribution < 1.29 is 9.90 Å². The van der Waals surface area contributed by atoms with Crippen molar-refractivity contribution in [3.63, 3.8) is 0 Å². The van der Waals surface area contributed by atoms with Gasteiger partial charge in [-0.05, 0) is 47.9 Å². The summed E-state index contributed by atoms with van der Waals surface area (Å²) in [6, 6.07) is 18.6. The number of hydrogen-bond donors (Lipinski definition) is 1. The molecule has 1 aliphatic heterocycles. The van der Waals surface area contributed by atoms with E-state index in [-0.39, 0.29) is 11.7 Å². The van der Waals surface area contributed by atoms with Crippen molar-refractivity contribution in [2.45, 2.75) is 19.5 Å². The average molecular weight is 391 g/mol. The van der Waals surface area contributed by atoms with E-state index in [9.17, 15) is 9.90 Å². The molecule has 1 atom stereocenters. The van der Waals surface area contributed by atoms with Crippen molar-refractivity contribution >= 4 is 23.1 Å². The first kappa shape index (κ1) is 18.3. The molecule has 1 aromatic heterocycles. The first-order valence-corrected chi connectivity index (χ1v) is 9.38. The normalized spacial score (nSPS) is 16.7. The molecule has 0 fully saturated rings. The zero-order valence-electron chi connectivity index (χ0n) is 15.3. The van der Waals surface area contributed by atoms with E-state index in [1.54, 1.807) is 29.4 Å². The minimum atomic E-state index is -0.402. The molecule has 0 saturated heterocycles. The first-order chi connectivity index (χ1) is 13.5. The van der Waals surface area contributed by atoms with E-state index in [1.807, 2.05) is 55.5 Å². The second-order valence-electron chi connectivity index (χ2n) is 6.87. The number of aliphatic hydroxyl groups is 1. The number of pyridine rings is 1. The van der Waals surface area contributed by atoms with Crippen LogP contribution in [-0.4, -0.2) is 20.9 Å². The van der Waals surface area contributed by atoms with Gasteiger partial charge in [-0.3, -0.25) is 9.78 Å². The summed E-state index contributed by atoms with van der Waals surface area (Å²) in [7, 11) is 0. The molecular weight excluding hydrogens is 372 g/mol. The quantitative estimate of drug-likeness (QED) is 0.674. The monoisotopic (exact) mass is 390 g/mol. The topological polar surface area (TPSA) is 53.4 Å². The van der Waals surface area contributed by atoms with E-state index in [4.69, 9.17) is 11.6 Å². The maximum Gasteiger partial charge on any atom is 0.290 e. The van der Waals surface area contributed by atoms with Gasteiger partial charge >= 0.3 is 0 Å². The number of aliphatic hydroxyl groups excluding tert-OH is 1. The number of amides is 1. The third kappa shape index (κ3) is 3.39. The van der Waals surface area contributed by atoms with Gasteiger partial charge in [0, 0.05) is 29.5 Å². The molecule has 0 bridgehead atoms. The lowest BCUT2D eigenvalue weighted by atomic mass is 9.93. The lowest BCUT2D eigenvalue weighted by Gasteiger charge is -2.27. The molecule has 1 N–H and O–H groups in total. The number of aryl methyl sites for hydroxylation is 1. The van der Waals surface area contributed by atoms with E-state index in [2.05, 4.69) is 4.98 Å². The molecule has 4 nitrogen and oxygen atoms in total. The molecule has 2 aromatic carbocycles. The molecule has 0 spiro atoms. The Morgan fingerprint density at radius 2 is 1.64 bits per heavy atom. The van der Waals surface area contributed by atoms with Gasteiger partial charge in [0.05, 0.1) is 6.04 Å². The van der Waals surface area contributed by atoms with Gasteiger partial charge in [0.1, 0.15) is 0 Å². The molecule has 1 unspecified atom stereocenters. The zero-order chi connectivity index (χ0) is 19.7. The lowest BCUT2D eigenvalue weighted by molar-refractivity contribution is -0.130. The summed E-state index contributed by atoms with van der Waals surface area (Å²) in [6.45, 7) is 2.37. The number of carbonyl (C=O) groups is 1. The molecule has 1 amide bonds. The van der Waals surface area contributed by atoms with Gasteiger partial charge in [0.15, 0.2) is 5.76 Å². The number of benzene rings is 2. The molecule has 0 saturated carbocycles. The van der Waals surface area contributed by atoms with Crippen molar-refractivity contribution in [1.82, 2.24) is 9.88 Å². The van der Waals surface area contributed by atoms with Gasteiger partial charge < -0.3 is 10.0 Å². The van der Waals surface area contributed by atoms with Crippen molar-refractivity contribution in [3.8, 4) is 0 Å². The smallest absolute Gasteiger partial charge is 0.290 e. The van der Waals surface area contributed by atoms with E-state index in [0.29, 0.717) is 17.1 Å². The van der Waals surface area contributed by atoms with Crippen LogP contribution in [0.25, 0.3) is 5.57 Å². The highest BCUT2D eigenvalue weighted by molar-refractivity contribution is 6.30. The second-order valence-corrected chi connectivity index (χ2v) is 7.31. The largest absolute Gasteiger partial charge is 0.503 e. The number of carbonyl (C=O) groups excluding carboxylic acids is 1. The van der Waals surface area contributed by atoms with E-state index < -0.39 is 6.04 Å². The maximum absolute atomic E-state index is 13.0. The highest BCUT2D eigenvalue weighted by Gasteiger charge is 2.40. The molecular formula is C23H19ClN2O2. The third-order valence-corrected chi connectivity index (χ3v) is 5.21. The predicted octanol–water partition coefficient (Wildman–Crippen LogP) is 5.10. The van der Waals surface area contributed by atoms with Crippen LogP contribution >= 0.6 is 11.6 Å². The summed E-state index contributed by atoms with van der Waals surface area (Å²) in [5.74, 6) is -0.592. The van der Waals surface area contributed by atoms with Crippen molar-refractivity contribution in [1.29, 1.82) is 0 Å². The van der Waals surface area contributed by atoms with E-state index in [1.165, 1.54) is 0 Å². The van der Waals surface area contributed by atoms with Crippen LogP contribution in [0.4, 0.5) is 0 Å². The van der Waals surface area contributed by atoms with Gasteiger partial charge in [-0.25, -0.2) is 0 Å². The highest BCUT2D eigenvalue weighted by atomic mass is 35.5. The number of hydrogen-bond acceptors (Lipinski definition) is 3. The SMILES string of the molecule is Cc1ccc(C2=C(O)C(=O)N(Cc3ccncc3)C2c2ccc(Cl)cc2)cc1. The Morgan fingerprint density at radius 3 is 2.29 bits per heavy atom. The van der Waals surface area contributed by atoms with Crippen LogP contribution in [-0.2, 0) is 11.3 Å². The molecule has 1 aliphatic rings. The molecule has 4 rings (SSSR count). The Balaban J connectivity index is 1.81. The van der Waals surface area contributed by atoms with Crippen molar-refractivity contribution in [2.75, 3.05) is 0 Å². The predicted molar refractivity (Wildman–Crippen MR) is 110 cm³/mol. The Hall–Kier alpha value is -3.11. The zero-order valence-corrected chi connectivity index (χ0v) is 16.1. The molecule has 0 aliphatic carbocycles. The van der Waals surface area contributed by atoms with Crippen LogP contribution < -0.4 is 0 Å². The Bertz CT molecular complexity index is 1030. The summed E-state index contributed by atoms with van der Waals surface area (Å²) in [6.07, 6.45) is 3.39. The number of halogens is 1. The molecule has 0 radical (unpaired) electrons. The van der Waals surface area contributed by atoms with Gasteiger partial charge in [0.25, 0.3) is 5.91 Å². The van der Waals surface area contributed by atoms with Gasteiger partial charge in [-0.1, -0.05) is 53.6 Å². The van der Waals surface area contributed by atoms with Crippen LogP contribution in [0.2, 0.25) is 5.02 Å². The van der Waals surface area contributed by atoms with Crippen molar-refractivity contribution in [3.05, 3.63) is 106 Å². The van der Waals surface area contributed by atoms with Gasteiger partial charge in [0.2, 0.25) is 0 Å². The fourth-order valence-electron chi connectivity index (χ4n) is 3.52. The van der Waals surface area contributed by atoms with Gasteiger partial charge in [-0.2, -0.15) is 0 Å². The average Bonchev–Trinajstić information content (AvgIpc) is 2.95. The fourth-order valence-corrected chi connectivity index (χ4v) is 3.65. The molecule has 5 heteroatoms. The van der Waals surface area contributed by atoms with Crippen LogP contribution in [0.15, 0.2) is 78.8 Å². The molecule has 2 heterocycles. The maximum atomic E-state index is 13.0. The minimum Gasteiger partial charge on any atom is -0.503 e. The minimum absolute atomic E-state index is 0.210. The van der Waals surface area contributed by atoms with E-state index >= 15 is 0 Å². The third-order valence-electron chi connectivity index (χ3n) is 4.95. The van der Waals surface area contributed by atoms with E-state index in [0.717, 1.165) is 22.3 Å². The molecule has 140 valence electrons. The number of rotatable bonds is 4. The van der Waals surface area contributed by atoms with Crippen LogP contribution in [0.5, 0.6) is 0 Å². The summed E-state index contributed by atoms with van der Waals surface area (Å²) in [5.41, 5.74) is 4.39. The highest BCUT2D eigenvalue weighted by Crippen LogP contribution is 2.43. The van der Waals surface area contributed by atoms with Crippen LogP contribution in [0.1, 0.15) is 28.3 Å². The Kier molecular flexibility index (Phi) is 4.88. The summed E-state index contributed by atoms with van der Waals surface area (Å²) in [4.78, 5) is 18.7. The van der Waals surface area contributed by atoms with Crippen LogP contribution in [0.3, 0.4) is 0 Å². The summed E-state index contributed by atoms with van der Waals surface area (Å²) < 4.78 is 0. The lowest BCUT2D eigenvalue weighted by Crippen LogP contribution is -2.29. The Labute approximate surface area is 168 Å². The standard InChI is InChI=1S/C23H19ClN2O2/c1-15-2-4-17(5-3-15)20-21(18-6-8-19(24)9-7-18)26(23(28)22(20)27)14-16-10-12-25-13-11-16/h2-13,21,27H,14H2,1H3. The summed E-state index contributed by atoms with van der Waals surface area (Å²) >= 11 is 6.06. The molecule has 3 aromatic rings. The number of nitrogens with zero attached hydrogens (tertiary/aromatic N) is 2. The molecule has 28 heavy (non-hydrogen) atoms. The second kappa shape index (κ2) is 7.49. The van der Waals surface area contributed by atoms with Crippen LogP contribution in [0, 0.1) is 6.92 Å². The fraction of sp³-hybridized carbons (Fsp3) is 0.130. The van der Waals surface area contributed by atoms with Gasteiger partial charge in [-0.15, -0.1) is 0 Å².